The average Bonchev–Trinajstić information content (AvgIpc) is 3.75. The quantitative estimate of drug-likeness (QED) is 0.157. The number of fused-ring (bicyclic) bond motifs is 5. The molecule has 0 N–H and O–H groups in total. The third-order valence-corrected chi connectivity index (χ3v) is 11.6. The molecule has 4 aromatic heterocycles. The van der Waals surface area contributed by atoms with E-state index in [9.17, 15) is 0 Å². The van der Waals surface area contributed by atoms with Crippen LogP contribution >= 0.6 is 0 Å². The number of rotatable bonds is 7. The van der Waals surface area contributed by atoms with Crippen molar-refractivity contribution in [3.63, 3.8) is 0 Å². The molecule has 6 aromatic carbocycles. The first-order valence-corrected chi connectivity index (χ1v) is 20.9. The summed E-state index contributed by atoms with van der Waals surface area (Å²) in [6.45, 7) is 0. The average molecular weight is 814 g/mol. The minimum absolute atomic E-state index is 0.282. The molecule has 2 unspecified atom stereocenters. The van der Waals surface area contributed by atoms with E-state index < -0.39 is 0 Å². The van der Waals surface area contributed by atoms with Gasteiger partial charge in [0, 0.05) is 56.5 Å². The summed E-state index contributed by atoms with van der Waals surface area (Å²) in [7, 11) is 0. The van der Waals surface area contributed by atoms with Crippen molar-refractivity contribution in [2.24, 2.45) is 0 Å². The van der Waals surface area contributed by atoms with Crippen LogP contribution in [0.25, 0.3) is 101 Å². The Kier molecular flexibility index (Phi) is 8.78. The van der Waals surface area contributed by atoms with Crippen LogP contribution in [0.15, 0.2) is 205 Å². The van der Waals surface area contributed by atoms with E-state index in [-0.39, 0.29) is 12.2 Å². The number of pyridine rings is 2. The number of ether oxygens (including phenoxy) is 2. The molecule has 8 heteroatoms. The van der Waals surface area contributed by atoms with Crippen molar-refractivity contribution in [3.05, 3.63) is 200 Å². The molecule has 8 nitrogen and oxygen atoms in total. The van der Waals surface area contributed by atoms with Crippen LogP contribution in [0.4, 0.5) is 0 Å². The third-order valence-electron chi connectivity index (χ3n) is 11.6. The fourth-order valence-electron chi connectivity index (χ4n) is 8.51. The SMILES string of the molecule is C1=CC2Oc3c(-c4ccc(-c5nc(-c6ccccc6)nc(-c6cccc7c6oc6ccccc67)n5)cc4)ccc(-c4cc(-c5ccccn5)cc(-c5ccccn5)c4)c3OC2C=C1. The zero-order valence-electron chi connectivity index (χ0n) is 33.7. The fraction of sp³-hybridized carbons (Fsp3) is 0.0364. The first kappa shape index (κ1) is 36.4. The maximum absolute atomic E-state index is 6.90. The van der Waals surface area contributed by atoms with Crippen LogP contribution in [0.2, 0.25) is 0 Å². The number of aromatic nitrogens is 5. The van der Waals surface area contributed by atoms with Gasteiger partial charge in [0.15, 0.2) is 41.2 Å². The molecule has 0 bridgehead atoms. The topological polar surface area (TPSA) is 96.1 Å². The number of furan rings is 1. The monoisotopic (exact) mass is 813 g/mol. The molecule has 1 aliphatic heterocycles. The van der Waals surface area contributed by atoms with Gasteiger partial charge in [-0.15, -0.1) is 0 Å². The van der Waals surface area contributed by atoms with Gasteiger partial charge in [0.1, 0.15) is 11.2 Å². The maximum Gasteiger partial charge on any atom is 0.170 e. The summed E-state index contributed by atoms with van der Waals surface area (Å²) >= 11 is 0. The van der Waals surface area contributed by atoms with Gasteiger partial charge in [-0.2, -0.15) is 0 Å². The molecule has 0 amide bonds. The van der Waals surface area contributed by atoms with Crippen LogP contribution in [0.1, 0.15) is 0 Å². The van der Waals surface area contributed by atoms with Gasteiger partial charge in [-0.1, -0.05) is 109 Å². The Labute approximate surface area is 362 Å². The van der Waals surface area contributed by atoms with Gasteiger partial charge in [0.2, 0.25) is 0 Å². The first-order chi connectivity index (χ1) is 31.2. The fourth-order valence-corrected chi connectivity index (χ4v) is 8.51. The molecule has 298 valence electrons. The minimum atomic E-state index is -0.282. The predicted molar refractivity (Wildman–Crippen MR) is 248 cm³/mol. The van der Waals surface area contributed by atoms with E-state index in [4.69, 9.17) is 38.8 Å². The lowest BCUT2D eigenvalue weighted by molar-refractivity contribution is 0.0769. The molecular weight excluding hydrogens is 779 g/mol. The Morgan fingerprint density at radius 3 is 1.57 bits per heavy atom. The van der Waals surface area contributed by atoms with E-state index in [1.54, 1.807) is 0 Å². The lowest BCUT2D eigenvalue weighted by atomic mass is 9.92. The summed E-state index contributed by atoms with van der Waals surface area (Å²) in [6, 6.07) is 55.0. The predicted octanol–water partition coefficient (Wildman–Crippen LogP) is 12.9. The second kappa shape index (κ2) is 15.2. The Morgan fingerprint density at radius 2 is 0.921 bits per heavy atom. The molecule has 0 saturated carbocycles. The van der Waals surface area contributed by atoms with E-state index >= 15 is 0 Å². The van der Waals surface area contributed by atoms with Crippen LogP contribution in [0, 0.1) is 0 Å². The number of nitrogens with zero attached hydrogens (tertiary/aromatic N) is 5. The summed E-state index contributed by atoms with van der Waals surface area (Å²) in [5.74, 6) is 3.01. The maximum atomic E-state index is 6.90. The summed E-state index contributed by atoms with van der Waals surface area (Å²) in [5, 5.41) is 2.06. The molecule has 63 heavy (non-hydrogen) atoms. The van der Waals surface area contributed by atoms with E-state index in [1.165, 1.54) is 0 Å². The summed E-state index contributed by atoms with van der Waals surface area (Å²) in [4.78, 5) is 24.5. The van der Waals surface area contributed by atoms with E-state index in [1.807, 2.05) is 134 Å². The molecular formula is C55H35N5O3. The third kappa shape index (κ3) is 6.61. The molecule has 2 atom stereocenters. The zero-order chi connectivity index (χ0) is 41.7. The summed E-state index contributed by atoms with van der Waals surface area (Å²) in [5.41, 5.74) is 11.5. The van der Waals surface area contributed by atoms with Gasteiger partial charge in [0.25, 0.3) is 0 Å². The molecule has 12 rings (SSSR count). The highest BCUT2D eigenvalue weighted by molar-refractivity contribution is 6.09. The minimum Gasteiger partial charge on any atom is -0.478 e. The van der Waals surface area contributed by atoms with Crippen molar-refractivity contribution < 1.29 is 13.9 Å². The second-order valence-electron chi connectivity index (χ2n) is 15.5. The molecule has 0 radical (unpaired) electrons. The van der Waals surface area contributed by atoms with Gasteiger partial charge >= 0.3 is 0 Å². The first-order valence-electron chi connectivity index (χ1n) is 20.9. The number of benzene rings is 6. The second-order valence-corrected chi connectivity index (χ2v) is 15.5. The normalized spacial score (nSPS) is 15.1. The Morgan fingerprint density at radius 1 is 0.381 bits per heavy atom. The van der Waals surface area contributed by atoms with E-state index in [2.05, 4.69) is 66.7 Å². The number of para-hydroxylation sites is 2. The zero-order valence-corrected chi connectivity index (χ0v) is 33.7. The highest BCUT2D eigenvalue weighted by atomic mass is 16.6. The van der Waals surface area contributed by atoms with Gasteiger partial charge < -0.3 is 13.9 Å². The van der Waals surface area contributed by atoms with Crippen LogP contribution in [-0.4, -0.2) is 37.1 Å². The largest absolute Gasteiger partial charge is 0.478 e. The van der Waals surface area contributed by atoms with Crippen LogP contribution in [0.5, 0.6) is 11.5 Å². The number of hydrogen-bond acceptors (Lipinski definition) is 8. The Bertz CT molecular complexity index is 3350. The van der Waals surface area contributed by atoms with Crippen molar-refractivity contribution in [3.8, 4) is 90.4 Å². The van der Waals surface area contributed by atoms with Gasteiger partial charge in [-0.25, -0.2) is 15.0 Å². The lowest BCUT2D eigenvalue weighted by Gasteiger charge is -2.34. The standard InChI is InChI=1S/C55H35N5O3/c1-2-13-35(14-3-1)53-58-54(60-55(59-53)44-17-12-16-43-42-15-4-5-20-47(42)61-50(43)44)36-25-23-34(24-26-36)40-27-28-41(52-51(40)62-48-21-6-7-22-49(48)63-52)37-31-38(45-18-8-10-29-56-45)33-39(32-37)46-19-9-11-30-57-46/h1-33,48-49H. The van der Waals surface area contributed by atoms with E-state index in [0.29, 0.717) is 29.0 Å². The van der Waals surface area contributed by atoms with Crippen molar-refractivity contribution in [1.82, 2.24) is 24.9 Å². The highest BCUT2D eigenvalue weighted by Crippen LogP contribution is 2.50. The van der Waals surface area contributed by atoms with Gasteiger partial charge in [0.05, 0.1) is 17.0 Å². The van der Waals surface area contributed by atoms with Crippen molar-refractivity contribution >= 4 is 21.9 Å². The molecule has 0 fully saturated rings. The van der Waals surface area contributed by atoms with Crippen LogP contribution in [-0.2, 0) is 0 Å². The molecule has 1 aliphatic carbocycles. The summed E-state index contributed by atoms with van der Waals surface area (Å²) in [6.07, 6.45) is 11.2. The molecule has 10 aromatic rings. The molecule has 0 spiro atoms. The molecule has 5 heterocycles. The van der Waals surface area contributed by atoms with Crippen molar-refractivity contribution in [2.45, 2.75) is 12.2 Å². The van der Waals surface area contributed by atoms with E-state index in [0.717, 1.165) is 83.4 Å². The number of allylic oxidation sites excluding steroid dienone is 2. The van der Waals surface area contributed by atoms with Gasteiger partial charge in [-0.05, 0) is 90.0 Å². The lowest BCUT2D eigenvalue weighted by Crippen LogP contribution is -2.38. The summed E-state index contributed by atoms with van der Waals surface area (Å²) < 4.78 is 20.2. The van der Waals surface area contributed by atoms with Gasteiger partial charge in [-0.3, -0.25) is 9.97 Å². The van der Waals surface area contributed by atoms with Crippen molar-refractivity contribution in [1.29, 1.82) is 0 Å². The molecule has 2 aliphatic rings. The van der Waals surface area contributed by atoms with Crippen LogP contribution < -0.4 is 9.47 Å². The smallest absolute Gasteiger partial charge is 0.170 e. The van der Waals surface area contributed by atoms with Crippen molar-refractivity contribution in [2.75, 3.05) is 0 Å². The Hall–Kier alpha value is -8.49. The van der Waals surface area contributed by atoms with Crippen LogP contribution in [0.3, 0.4) is 0 Å². The molecule has 0 saturated heterocycles. The Balaban J connectivity index is 0.974. The number of hydrogen-bond donors (Lipinski definition) is 0. The highest BCUT2D eigenvalue weighted by Gasteiger charge is 2.33.